The van der Waals surface area contributed by atoms with Crippen LogP contribution < -0.4 is 103 Å². The van der Waals surface area contributed by atoms with Crippen molar-refractivity contribution in [2.75, 3.05) is 0 Å². The second-order valence-corrected chi connectivity index (χ2v) is 1.86. The van der Waals surface area contributed by atoms with E-state index in [1.807, 2.05) is 0 Å². The summed E-state index contributed by atoms with van der Waals surface area (Å²) in [5.74, 6) is 0. The molecular weight excluding hydrogens is 232 g/mol. The van der Waals surface area contributed by atoms with Crippen LogP contribution >= 0.6 is 0 Å². The SMILES string of the molecule is [F][Ni-2]([F])([F])([F])[F].[K+].[K+]. The summed E-state index contributed by atoms with van der Waals surface area (Å²) in [4.78, 5) is 0. The minimum atomic E-state index is -8.43. The van der Waals surface area contributed by atoms with Gasteiger partial charge in [0.05, 0.1) is 0 Å². The topological polar surface area (TPSA) is 0 Å². The first-order valence-corrected chi connectivity index (χ1v) is 2.46. The van der Waals surface area contributed by atoms with Crippen LogP contribution in [0.3, 0.4) is 0 Å². The van der Waals surface area contributed by atoms with Gasteiger partial charge in [-0.1, -0.05) is 0 Å². The molecule has 8 heavy (non-hydrogen) atoms. The summed E-state index contributed by atoms with van der Waals surface area (Å²) in [7, 11) is 0. The molecule has 0 N–H and O–H groups in total. The zero-order valence-electron chi connectivity index (χ0n) is 4.21. The molecule has 0 radical (unpaired) electrons. The van der Waals surface area contributed by atoms with E-state index in [-0.39, 0.29) is 103 Å². The average Bonchev–Trinajstić information content (AvgIpc) is 0.650. The summed E-state index contributed by atoms with van der Waals surface area (Å²) < 4.78 is 49.1. The van der Waals surface area contributed by atoms with Crippen LogP contribution in [0.4, 0.5) is 18.0 Å². The standard InChI is InChI=1S/5FH.2K.Ni/h5*1H;;;/q;;;;;2*+1;+3/p-5. The zero-order chi connectivity index (χ0) is 5.45. The number of hydrogen-bond donors (Lipinski definition) is 0. The van der Waals surface area contributed by atoms with E-state index in [1.54, 1.807) is 0 Å². The zero-order valence-corrected chi connectivity index (χ0v) is 11.4. The molecule has 0 aromatic carbocycles. The first kappa shape index (κ1) is 17.5. The normalized spacial score (nSPS) is 14.4. The minimum Gasteiger partial charge on any atom is 1.00 e. The molecule has 0 fully saturated rings. The molecule has 47 valence electrons. The van der Waals surface area contributed by atoms with Crippen molar-refractivity contribution in [3.63, 3.8) is 0 Å². The first-order valence-electron chi connectivity index (χ1n) is 0.598. The van der Waals surface area contributed by atoms with Gasteiger partial charge in [-0.15, -0.1) is 0 Å². The number of hydrogen-bond acceptors (Lipinski definition) is 0. The average molecular weight is 232 g/mol. The molecule has 0 aliphatic carbocycles. The van der Waals surface area contributed by atoms with E-state index in [0.29, 0.717) is 0 Å². The Balaban J connectivity index is -0.000000125. The van der Waals surface area contributed by atoms with Gasteiger partial charge in [-0.3, -0.25) is 0 Å². The molecule has 0 spiro atoms. The molecular formula is F5K2Ni. The molecule has 8 heteroatoms. The van der Waals surface area contributed by atoms with Crippen LogP contribution in [0.25, 0.3) is 0 Å². The molecule has 0 amide bonds. The van der Waals surface area contributed by atoms with Crippen molar-refractivity contribution in [3.8, 4) is 0 Å². The van der Waals surface area contributed by atoms with Gasteiger partial charge in [0.15, 0.2) is 0 Å². The van der Waals surface area contributed by atoms with Crippen molar-refractivity contribution in [2.45, 2.75) is 0 Å². The van der Waals surface area contributed by atoms with Crippen LogP contribution in [0.1, 0.15) is 0 Å². The molecule has 0 saturated carbocycles. The monoisotopic (exact) mass is 231 g/mol. The van der Waals surface area contributed by atoms with Crippen molar-refractivity contribution < 1.29 is 134 Å². The van der Waals surface area contributed by atoms with Crippen molar-refractivity contribution in [3.05, 3.63) is 0 Å². The van der Waals surface area contributed by atoms with E-state index in [0.717, 1.165) is 0 Å². The van der Waals surface area contributed by atoms with Crippen molar-refractivity contribution in [2.24, 2.45) is 0 Å². The molecule has 0 unspecified atom stereocenters. The summed E-state index contributed by atoms with van der Waals surface area (Å²) in [5.41, 5.74) is 0. The second-order valence-electron chi connectivity index (χ2n) is 0.452. The maximum atomic E-state index is 9.82. The van der Waals surface area contributed by atoms with Gasteiger partial charge in [0.1, 0.15) is 0 Å². The molecule has 0 aromatic rings. The van der Waals surface area contributed by atoms with Crippen LogP contribution in [0, 0.1) is 0 Å². The third kappa shape index (κ3) is 57.2. The quantitative estimate of drug-likeness (QED) is 0.296. The minimum absolute atomic E-state index is 0. The van der Waals surface area contributed by atoms with E-state index in [9.17, 15) is 18.0 Å². The first-order chi connectivity index (χ1) is 2.24. The summed E-state index contributed by atoms with van der Waals surface area (Å²) in [6.45, 7) is 0. The Hall–Kier alpha value is 3.42. The molecule has 0 heterocycles. The Labute approximate surface area is 131 Å². The maximum Gasteiger partial charge on any atom is 1.00 e. The Morgan fingerprint density at radius 2 is 0.625 bits per heavy atom. The van der Waals surface area contributed by atoms with Gasteiger partial charge in [0.25, 0.3) is 0 Å². The third-order valence-electron chi connectivity index (χ3n) is 0. The summed E-state index contributed by atoms with van der Waals surface area (Å²) in [5, 5.41) is 0. The van der Waals surface area contributed by atoms with Crippen LogP contribution in [0.15, 0.2) is 0 Å². The predicted molar refractivity (Wildman–Crippen MR) is 5.54 cm³/mol. The van der Waals surface area contributed by atoms with Crippen molar-refractivity contribution >= 4 is 0 Å². The Morgan fingerprint density at radius 1 is 0.625 bits per heavy atom. The molecule has 0 saturated heterocycles. The van der Waals surface area contributed by atoms with Crippen LogP contribution in [-0.4, -0.2) is 0 Å². The van der Waals surface area contributed by atoms with Gasteiger partial charge >= 0.3 is 134 Å². The molecule has 0 atom stereocenters. The van der Waals surface area contributed by atoms with E-state index in [4.69, 9.17) is 0 Å². The third-order valence-corrected chi connectivity index (χ3v) is 0. The molecule has 0 nitrogen and oxygen atoms in total. The molecule has 0 aliphatic rings. The van der Waals surface area contributed by atoms with Crippen molar-refractivity contribution in [1.82, 2.24) is 0 Å². The van der Waals surface area contributed by atoms with Gasteiger partial charge in [0.2, 0.25) is 0 Å². The fourth-order valence-corrected chi connectivity index (χ4v) is 0. The molecule has 0 aromatic heterocycles. The van der Waals surface area contributed by atoms with Gasteiger partial charge in [-0.05, 0) is 0 Å². The number of rotatable bonds is 0. The summed E-state index contributed by atoms with van der Waals surface area (Å²) >= 11 is -8.43. The van der Waals surface area contributed by atoms with E-state index in [2.05, 4.69) is 0 Å². The smallest absolute Gasteiger partial charge is 1.00 e. The van der Waals surface area contributed by atoms with E-state index in [1.165, 1.54) is 0 Å². The fourth-order valence-electron chi connectivity index (χ4n) is 0. The fraction of sp³-hybridized carbons (Fsp3) is 0. The van der Waals surface area contributed by atoms with E-state index < -0.39 is 13.6 Å². The van der Waals surface area contributed by atoms with E-state index >= 15 is 0 Å². The van der Waals surface area contributed by atoms with Gasteiger partial charge < -0.3 is 0 Å². The van der Waals surface area contributed by atoms with Crippen LogP contribution in [0.2, 0.25) is 0 Å². The second kappa shape index (κ2) is 5.13. The Morgan fingerprint density at radius 3 is 0.625 bits per heavy atom. The van der Waals surface area contributed by atoms with Gasteiger partial charge in [-0.25, -0.2) is 0 Å². The summed E-state index contributed by atoms with van der Waals surface area (Å²) in [6.07, 6.45) is 0. The molecule has 0 aliphatic heterocycles. The van der Waals surface area contributed by atoms with Gasteiger partial charge in [-0.2, -0.15) is 0 Å². The Kier molecular flexibility index (Phi) is 11.2. The predicted octanol–water partition coefficient (Wildman–Crippen LogP) is -3.89. The van der Waals surface area contributed by atoms with Crippen LogP contribution in [0.5, 0.6) is 0 Å². The van der Waals surface area contributed by atoms with Gasteiger partial charge in [0, 0.05) is 0 Å². The molecule has 0 bridgehead atoms. The van der Waals surface area contributed by atoms with Crippen LogP contribution in [-0.2, 0) is 13.6 Å². The largest absolute Gasteiger partial charge is 1.00 e. The number of halogens is 5. The Bertz CT molecular complexity index is 43.6. The molecule has 0 rings (SSSR count). The maximum absolute atomic E-state index is 9.82. The van der Waals surface area contributed by atoms with Crippen molar-refractivity contribution in [1.29, 1.82) is 0 Å². The summed E-state index contributed by atoms with van der Waals surface area (Å²) in [6, 6.07) is 0.